The Balaban J connectivity index is 0.834. The van der Waals surface area contributed by atoms with Crippen molar-refractivity contribution in [2.75, 3.05) is 12.5 Å². The van der Waals surface area contributed by atoms with Crippen molar-refractivity contribution in [2.45, 2.75) is 9.79 Å². The maximum Gasteiger partial charge on any atom is 0.333 e. The predicted octanol–water partition coefficient (Wildman–Crippen LogP) is 16.9. The standard InChI is InChI=1S/C74H40B2N4O2S2/c1-83-38-32-52-43-16-4-8-25-57(43)78-61-36-63-64(65-47-21-12-19-45-41-14-5-9-26-58(41)79(69(45)47)75(67(61)65)54(33-38)72(52)78)49-23-11-18-40(73(49)82-63)37-28-29-59-50(30-37)46-20-13-22-48-66-68-60(35-53-44-17-6-10-27-62(44)81-74(53)66)77-56-24-7-3-15-42(56)51-31-39(84-2)34-55(71(51)77)76(68)80(59)70(46)48/h3-36H,1-2H3. The molecule has 4 aliphatic rings. The molecule has 4 aliphatic heterocycles. The van der Waals surface area contributed by atoms with Gasteiger partial charge in [-0.2, -0.15) is 0 Å². The van der Waals surface area contributed by atoms with Crippen molar-refractivity contribution in [3.63, 3.8) is 0 Å². The van der Waals surface area contributed by atoms with E-state index in [1.165, 1.54) is 158 Å². The third-order valence-corrected chi connectivity index (χ3v) is 21.5. The number of furan rings is 2. The number of rotatable bonds is 3. The average molecular weight is 1100 g/mol. The van der Waals surface area contributed by atoms with Crippen LogP contribution in [-0.2, 0) is 0 Å². The first-order valence-electron chi connectivity index (χ1n) is 28.9. The van der Waals surface area contributed by atoms with Gasteiger partial charge in [0.15, 0.2) is 0 Å². The molecule has 6 aromatic heterocycles. The molecule has 84 heavy (non-hydrogen) atoms. The van der Waals surface area contributed by atoms with Gasteiger partial charge < -0.3 is 26.9 Å². The smallest absolute Gasteiger partial charge is 0.333 e. The van der Waals surface area contributed by atoms with Crippen LogP contribution >= 0.6 is 23.5 Å². The molecule has 12 aromatic carbocycles. The Kier molecular flexibility index (Phi) is 7.79. The van der Waals surface area contributed by atoms with E-state index in [1.54, 1.807) is 0 Å². The van der Waals surface area contributed by atoms with E-state index in [0.717, 1.165) is 49.6 Å². The summed E-state index contributed by atoms with van der Waals surface area (Å²) >= 11 is 3.65. The molecule has 0 saturated heterocycles. The van der Waals surface area contributed by atoms with Crippen LogP contribution in [0.1, 0.15) is 0 Å². The molecule has 0 saturated carbocycles. The first-order chi connectivity index (χ1) is 41.6. The van der Waals surface area contributed by atoms with Crippen molar-refractivity contribution < 1.29 is 8.83 Å². The Bertz CT molecular complexity index is 6250. The Hall–Kier alpha value is -9.73. The monoisotopic (exact) mass is 1100 g/mol. The van der Waals surface area contributed by atoms with Gasteiger partial charge in [-0.25, -0.2) is 0 Å². The highest BCUT2D eigenvalue weighted by Crippen LogP contribution is 2.52. The third-order valence-electron chi connectivity index (χ3n) is 20.0. The predicted molar refractivity (Wildman–Crippen MR) is 356 cm³/mol. The fourth-order valence-electron chi connectivity index (χ4n) is 17.0. The Labute approximate surface area is 487 Å². The molecule has 10 heteroatoms. The molecule has 0 radical (unpaired) electrons. The van der Waals surface area contributed by atoms with Gasteiger partial charge >= 0.3 is 13.7 Å². The molecule has 18 aromatic rings. The van der Waals surface area contributed by atoms with Crippen LogP contribution in [0.4, 0.5) is 0 Å². The van der Waals surface area contributed by atoms with Gasteiger partial charge in [-0.3, -0.25) is 0 Å². The molecule has 386 valence electrons. The number of benzene rings is 12. The van der Waals surface area contributed by atoms with Crippen LogP contribution in [0.3, 0.4) is 0 Å². The minimum absolute atomic E-state index is 0.0690. The maximum absolute atomic E-state index is 7.55. The lowest BCUT2D eigenvalue weighted by Gasteiger charge is -2.34. The summed E-state index contributed by atoms with van der Waals surface area (Å²) in [5.74, 6) is 0. The summed E-state index contributed by atoms with van der Waals surface area (Å²) in [6.07, 6.45) is 4.42. The molecule has 0 spiro atoms. The second kappa shape index (κ2) is 14.9. The molecule has 0 unspecified atom stereocenters. The molecule has 0 aliphatic carbocycles. The van der Waals surface area contributed by atoms with Crippen LogP contribution < -0.4 is 21.9 Å². The molecule has 0 N–H and O–H groups in total. The van der Waals surface area contributed by atoms with E-state index in [0.29, 0.717) is 0 Å². The average Bonchev–Trinajstić information content (AvgIpc) is 1.47. The number of hydrogen-bond acceptors (Lipinski definition) is 4. The Morgan fingerprint density at radius 3 is 1.52 bits per heavy atom. The number of hydrogen-bond donors (Lipinski definition) is 0. The first-order valence-corrected chi connectivity index (χ1v) is 31.4. The quantitative estimate of drug-likeness (QED) is 0.131. The van der Waals surface area contributed by atoms with Gasteiger partial charge in [-0.15, -0.1) is 23.5 Å². The molecule has 0 amide bonds. The zero-order valence-corrected chi connectivity index (χ0v) is 46.8. The van der Waals surface area contributed by atoms with Crippen molar-refractivity contribution in [2.24, 2.45) is 0 Å². The lowest BCUT2D eigenvalue weighted by atomic mass is 9.45. The lowest BCUT2D eigenvalue weighted by Crippen LogP contribution is -2.55. The Morgan fingerprint density at radius 1 is 0.345 bits per heavy atom. The molecule has 0 atom stereocenters. The molecule has 22 rings (SSSR count). The maximum atomic E-state index is 7.55. The second-order valence-corrected chi connectivity index (χ2v) is 25.4. The Morgan fingerprint density at radius 2 is 0.857 bits per heavy atom. The van der Waals surface area contributed by atoms with E-state index < -0.39 is 0 Å². The highest BCUT2D eigenvalue weighted by Gasteiger charge is 2.46. The van der Waals surface area contributed by atoms with Crippen molar-refractivity contribution in [3.8, 4) is 44.8 Å². The zero-order chi connectivity index (χ0) is 54.3. The number of para-hydroxylation sites is 7. The van der Waals surface area contributed by atoms with Crippen LogP contribution in [0.2, 0.25) is 0 Å². The van der Waals surface area contributed by atoms with E-state index in [1.807, 2.05) is 23.5 Å². The largest absolute Gasteiger partial charge is 0.455 e. The summed E-state index contributed by atoms with van der Waals surface area (Å²) < 4.78 is 25.1. The van der Waals surface area contributed by atoms with E-state index in [4.69, 9.17) is 8.83 Å². The topological polar surface area (TPSA) is 46.0 Å². The summed E-state index contributed by atoms with van der Waals surface area (Å²) in [6, 6.07) is 78.1. The first kappa shape index (κ1) is 43.9. The summed E-state index contributed by atoms with van der Waals surface area (Å²) in [4.78, 5) is 2.54. The van der Waals surface area contributed by atoms with E-state index in [9.17, 15) is 0 Å². The molecule has 0 bridgehead atoms. The van der Waals surface area contributed by atoms with Gasteiger partial charge in [0, 0.05) is 136 Å². The van der Waals surface area contributed by atoms with Crippen LogP contribution in [0.25, 0.3) is 176 Å². The number of thioether (sulfide) groups is 2. The molecule has 10 heterocycles. The number of aromatic nitrogens is 4. The number of nitrogens with zero attached hydrogens (tertiary/aromatic N) is 4. The number of fused-ring (bicyclic) bond motifs is 28. The summed E-state index contributed by atoms with van der Waals surface area (Å²) in [5, 5.41) is 14.7. The van der Waals surface area contributed by atoms with Crippen LogP contribution in [0, 0.1) is 0 Å². The highest BCUT2D eigenvalue weighted by molar-refractivity contribution is 7.98. The van der Waals surface area contributed by atoms with Gasteiger partial charge in [-0.05, 0) is 112 Å². The summed E-state index contributed by atoms with van der Waals surface area (Å²) in [5.41, 5.74) is 28.4. The third kappa shape index (κ3) is 4.92. The highest BCUT2D eigenvalue weighted by atomic mass is 32.2. The van der Waals surface area contributed by atoms with Crippen molar-refractivity contribution >= 4 is 190 Å². The molecular weight excluding hydrogens is 1060 g/mol. The van der Waals surface area contributed by atoms with Gasteiger partial charge in [0.1, 0.15) is 22.3 Å². The van der Waals surface area contributed by atoms with E-state index in [2.05, 4.69) is 237 Å². The lowest BCUT2D eigenvalue weighted by molar-refractivity contribution is 0.669. The summed E-state index contributed by atoms with van der Waals surface area (Å²) in [6.45, 7) is -0.189. The minimum atomic E-state index is -0.120. The van der Waals surface area contributed by atoms with Gasteiger partial charge in [0.05, 0.1) is 22.1 Å². The van der Waals surface area contributed by atoms with Crippen LogP contribution in [0.5, 0.6) is 0 Å². The minimum Gasteiger partial charge on any atom is -0.455 e. The van der Waals surface area contributed by atoms with Gasteiger partial charge in [0.2, 0.25) is 0 Å². The molecule has 0 fully saturated rings. The van der Waals surface area contributed by atoms with Crippen molar-refractivity contribution in [1.29, 1.82) is 0 Å². The van der Waals surface area contributed by atoms with Gasteiger partial charge in [0.25, 0.3) is 0 Å². The van der Waals surface area contributed by atoms with Crippen LogP contribution in [-0.4, -0.2) is 44.3 Å². The zero-order valence-electron chi connectivity index (χ0n) is 45.2. The van der Waals surface area contributed by atoms with Crippen molar-refractivity contribution in [3.05, 3.63) is 206 Å². The SMILES string of the molecule is CSc1cc2c3c(c1)c1ccccc1n3-c1cc3c(oc4ccccc43)c3c1B2n1c2ccc(-c4cccc5c4oc4cc6c7c(c45)-c4cccc5c8ccccc8n(c45)B7c4cc(SC)cc5c7ccccc7n-6c45)cc2c2cccc-3c21. The van der Waals surface area contributed by atoms with Gasteiger partial charge in [-0.1, -0.05) is 133 Å². The fourth-order valence-corrected chi connectivity index (χ4v) is 17.9. The summed E-state index contributed by atoms with van der Waals surface area (Å²) in [7, 11) is 0. The van der Waals surface area contributed by atoms with E-state index in [-0.39, 0.29) is 13.7 Å². The molecule has 6 nitrogen and oxygen atoms in total. The molecular formula is C74H40B2N4O2S2. The van der Waals surface area contributed by atoms with Crippen molar-refractivity contribution in [1.82, 2.24) is 18.1 Å². The fraction of sp³-hybridized carbons (Fsp3) is 0.0270. The van der Waals surface area contributed by atoms with Crippen LogP contribution in [0.15, 0.2) is 225 Å². The second-order valence-electron chi connectivity index (χ2n) is 23.6. The normalized spacial score (nSPS) is 13.6. The van der Waals surface area contributed by atoms with E-state index >= 15 is 0 Å².